The molecule has 0 aromatic heterocycles. The minimum Gasteiger partial charge on any atom is -0.462 e. The topological polar surface area (TPSA) is 78.9 Å². The molecular formula is C63H104O6. The van der Waals surface area contributed by atoms with Crippen molar-refractivity contribution in [3.05, 3.63) is 109 Å². The molecule has 1 atom stereocenters. The van der Waals surface area contributed by atoms with E-state index in [1.807, 2.05) is 0 Å². The molecule has 0 heterocycles. The van der Waals surface area contributed by atoms with E-state index >= 15 is 0 Å². The van der Waals surface area contributed by atoms with Crippen LogP contribution in [0.1, 0.15) is 252 Å². The van der Waals surface area contributed by atoms with Crippen LogP contribution in [-0.4, -0.2) is 37.2 Å². The van der Waals surface area contributed by atoms with Crippen molar-refractivity contribution in [1.82, 2.24) is 0 Å². The number of hydrogen-bond donors (Lipinski definition) is 0. The zero-order chi connectivity index (χ0) is 50.0. The van der Waals surface area contributed by atoms with Gasteiger partial charge in [0.05, 0.1) is 0 Å². The van der Waals surface area contributed by atoms with Gasteiger partial charge in [-0.2, -0.15) is 0 Å². The summed E-state index contributed by atoms with van der Waals surface area (Å²) < 4.78 is 16.8. The molecule has 0 saturated carbocycles. The maximum absolute atomic E-state index is 12.8. The third-order valence-corrected chi connectivity index (χ3v) is 11.7. The van der Waals surface area contributed by atoms with Gasteiger partial charge in [-0.25, -0.2) is 0 Å². The van der Waals surface area contributed by atoms with Crippen LogP contribution in [0.25, 0.3) is 0 Å². The van der Waals surface area contributed by atoms with E-state index in [1.165, 1.54) is 116 Å². The van der Waals surface area contributed by atoms with Crippen LogP contribution in [0.3, 0.4) is 0 Å². The zero-order valence-corrected chi connectivity index (χ0v) is 44.8. The molecule has 392 valence electrons. The van der Waals surface area contributed by atoms with E-state index < -0.39 is 6.10 Å². The lowest BCUT2D eigenvalue weighted by atomic mass is 10.1. The van der Waals surface area contributed by atoms with Crippen LogP contribution in [-0.2, 0) is 28.6 Å². The fraction of sp³-hybridized carbons (Fsp3) is 0.667. The molecule has 6 heteroatoms. The van der Waals surface area contributed by atoms with Crippen molar-refractivity contribution >= 4 is 17.9 Å². The van der Waals surface area contributed by atoms with E-state index in [0.717, 1.165) is 89.9 Å². The molecule has 0 unspecified atom stereocenters. The Hall–Kier alpha value is -3.93. The van der Waals surface area contributed by atoms with Crippen LogP contribution in [0.5, 0.6) is 0 Å². The first kappa shape index (κ1) is 65.1. The molecule has 0 spiro atoms. The molecule has 0 aliphatic rings. The van der Waals surface area contributed by atoms with Crippen molar-refractivity contribution in [2.45, 2.75) is 258 Å². The maximum atomic E-state index is 12.8. The largest absolute Gasteiger partial charge is 0.462 e. The van der Waals surface area contributed by atoms with E-state index in [0.29, 0.717) is 19.3 Å². The minimum absolute atomic E-state index is 0.114. The Morgan fingerprint density at radius 2 is 0.536 bits per heavy atom. The Morgan fingerprint density at radius 3 is 0.913 bits per heavy atom. The fourth-order valence-corrected chi connectivity index (χ4v) is 7.41. The molecule has 0 aromatic rings. The molecule has 69 heavy (non-hydrogen) atoms. The van der Waals surface area contributed by atoms with Crippen molar-refractivity contribution in [2.24, 2.45) is 0 Å². The molecule has 0 aliphatic carbocycles. The van der Waals surface area contributed by atoms with Crippen molar-refractivity contribution in [3.63, 3.8) is 0 Å². The number of esters is 3. The highest BCUT2D eigenvalue weighted by atomic mass is 16.6. The van der Waals surface area contributed by atoms with Gasteiger partial charge in [0.25, 0.3) is 0 Å². The predicted octanol–water partition coefficient (Wildman–Crippen LogP) is 19.1. The van der Waals surface area contributed by atoms with Gasteiger partial charge in [-0.1, -0.05) is 214 Å². The Labute approximate surface area is 425 Å². The lowest BCUT2D eigenvalue weighted by Gasteiger charge is -2.18. The lowest BCUT2D eigenvalue weighted by molar-refractivity contribution is -0.167. The summed E-state index contributed by atoms with van der Waals surface area (Å²) in [5.41, 5.74) is 0. The SMILES string of the molecule is CCCCC/C=C\C/C=C\C/C=C\C/C=C\CCCCCC(=O)OC[C@H](COC(=O)CCCCCCCCC/C=C\CCCCCC)OC(=O)CCC/C=C\C/C=C\C/C=C\C/C=C\CCCCC. The maximum Gasteiger partial charge on any atom is 0.306 e. The Morgan fingerprint density at radius 1 is 0.290 bits per heavy atom. The summed E-state index contributed by atoms with van der Waals surface area (Å²) in [6, 6.07) is 0. The molecule has 0 rings (SSSR count). The summed E-state index contributed by atoms with van der Waals surface area (Å²) in [5, 5.41) is 0. The predicted molar refractivity (Wildman–Crippen MR) is 297 cm³/mol. The molecule has 0 amide bonds. The van der Waals surface area contributed by atoms with Crippen LogP contribution < -0.4 is 0 Å². The molecule has 6 nitrogen and oxygen atoms in total. The van der Waals surface area contributed by atoms with Crippen LogP contribution >= 0.6 is 0 Å². The summed E-state index contributed by atoms with van der Waals surface area (Å²) in [7, 11) is 0. The number of ether oxygens (including phenoxy) is 3. The van der Waals surface area contributed by atoms with Crippen molar-refractivity contribution < 1.29 is 28.6 Å². The van der Waals surface area contributed by atoms with Crippen molar-refractivity contribution in [1.29, 1.82) is 0 Å². The van der Waals surface area contributed by atoms with E-state index in [2.05, 4.69) is 130 Å². The standard InChI is InChI=1S/C63H104O6/c1-4-7-10-13-16-19-22-25-28-30-31-33-35-38-41-44-47-50-53-56-62(65)68-59-60(58-67-61(64)55-52-49-46-43-40-37-34-27-24-21-18-15-12-9-6-3)69-63(66)57-54-51-48-45-42-39-36-32-29-26-23-20-17-14-11-8-5-2/h16-17,19-21,24-26,28-29,31,33,36,38-39,41,45,48,60H,4-15,18,22-23,27,30,32,34-35,37,40,42-44,46-47,49-59H2,1-3H3/b19-16-,20-17-,24-21-,28-25-,29-26-,33-31-,39-36-,41-38-,48-45-/t60-/m0/s1. The first-order valence-electron chi connectivity index (χ1n) is 28.4. The van der Waals surface area contributed by atoms with E-state index in [-0.39, 0.29) is 37.5 Å². The number of carbonyl (C=O) groups is 3. The number of unbranched alkanes of at least 4 members (excludes halogenated alkanes) is 21. The normalized spacial score (nSPS) is 12.9. The molecule has 0 bridgehead atoms. The van der Waals surface area contributed by atoms with Crippen LogP contribution in [0, 0.1) is 0 Å². The molecule has 0 radical (unpaired) electrons. The third-order valence-electron chi connectivity index (χ3n) is 11.7. The minimum atomic E-state index is -0.824. The smallest absolute Gasteiger partial charge is 0.306 e. The Kier molecular flexibility index (Phi) is 53.4. The van der Waals surface area contributed by atoms with Gasteiger partial charge in [-0.15, -0.1) is 0 Å². The number of allylic oxidation sites excluding steroid dienone is 18. The number of rotatable bonds is 50. The average Bonchev–Trinajstić information content (AvgIpc) is 3.35. The molecule has 0 aliphatic heterocycles. The fourth-order valence-electron chi connectivity index (χ4n) is 7.41. The van der Waals surface area contributed by atoms with E-state index in [4.69, 9.17) is 14.2 Å². The second-order valence-electron chi connectivity index (χ2n) is 18.5. The highest BCUT2D eigenvalue weighted by Gasteiger charge is 2.19. The van der Waals surface area contributed by atoms with Crippen LogP contribution in [0.2, 0.25) is 0 Å². The molecule has 0 N–H and O–H groups in total. The number of hydrogen-bond acceptors (Lipinski definition) is 6. The first-order chi connectivity index (χ1) is 34.0. The molecule has 0 aromatic carbocycles. The van der Waals surface area contributed by atoms with Gasteiger partial charge in [0.2, 0.25) is 0 Å². The summed E-state index contributed by atoms with van der Waals surface area (Å²) >= 11 is 0. The second-order valence-corrected chi connectivity index (χ2v) is 18.5. The van der Waals surface area contributed by atoms with Crippen molar-refractivity contribution in [2.75, 3.05) is 13.2 Å². The Balaban J connectivity index is 4.55. The van der Waals surface area contributed by atoms with Gasteiger partial charge in [-0.05, 0) is 128 Å². The monoisotopic (exact) mass is 957 g/mol. The van der Waals surface area contributed by atoms with Gasteiger partial charge in [0.1, 0.15) is 13.2 Å². The van der Waals surface area contributed by atoms with E-state index in [9.17, 15) is 14.4 Å². The summed E-state index contributed by atoms with van der Waals surface area (Å²) in [6.45, 7) is 6.49. The first-order valence-corrected chi connectivity index (χ1v) is 28.4. The lowest BCUT2D eigenvalue weighted by Crippen LogP contribution is -2.30. The van der Waals surface area contributed by atoms with Gasteiger partial charge >= 0.3 is 17.9 Å². The quantitative estimate of drug-likeness (QED) is 0.0262. The van der Waals surface area contributed by atoms with E-state index in [1.54, 1.807) is 0 Å². The highest BCUT2D eigenvalue weighted by Crippen LogP contribution is 2.13. The molecule has 0 saturated heterocycles. The Bertz CT molecular complexity index is 1420. The third kappa shape index (κ3) is 54.9. The summed E-state index contributed by atoms with van der Waals surface area (Å²) in [4.78, 5) is 38.1. The number of carbonyl (C=O) groups excluding carboxylic acids is 3. The van der Waals surface area contributed by atoms with Gasteiger partial charge in [0.15, 0.2) is 6.10 Å². The summed E-state index contributed by atoms with van der Waals surface area (Å²) in [5.74, 6) is -1.01. The zero-order valence-electron chi connectivity index (χ0n) is 44.8. The molecular weight excluding hydrogens is 853 g/mol. The second kappa shape index (κ2) is 56.7. The van der Waals surface area contributed by atoms with Gasteiger partial charge in [0, 0.05) is 19.3 Å². The average molecular weight is 958 g/mol. The molecule has 0 fully saturated rings. The highest BCUT2D eigenvalue weighted by molar-refractivity contribution is 5.71. The van der Waals surface area contributed by atoms with Crippen molar-refractivity contribution in [3.8, 4) is 0 Å². The summed E-state index contributed by atoms with van der Waals surface area (Å²) in [6.07, 6.45) is 76.5. The van der Waals surface area contributed by atoms with Gasteiger partial charge in [-0.3, -0.25) is 14.4 Å². The van der Waals surface area contributed by atoms with Crippen LogP contribution in [0.15, 0.2) is 109 Å². The van der Waals surface area contributed by atoms with Gasteiger partial charge < -0.3 is 14.2 Å². The van der Waals surface area contributed by atoms with Crippen LogP contribution in [0.4, 0.5) is 0 Å².